The van der Waals surface area contributed by atoms with Crippen LogP contribution in [0.1, 0.15) is 26.5 Å². The monoisotopic (exact) mass is 463 g/mol. The Morgan fingerprint density at radius 1 is 1.18 bits per heavy atom. The summed E-state index contributed by atoms with van der Waals surface area (Å²) in [5.74, 6) is -0.150. The summed E-state index contributed by atoms with van der Waals surface area (Å²) < 4.78 is 2.76. The summed E-state index contributed by atoms with van der Waals surface area (Å²) in [5.41, 5.74) is 3.40. The Morgan fingerprint density at radius 2 is 1.97 bits per heavy atom. The molecule has 3 aromatic heterocycles. The van der Waals surface area contributed by atoms with Crippen molar-refractivity contribution in [3.8, 4) is 5.13 Å². The first-order valence-electron chi connectivity index (χ1n) is 10.5. The van der Waals surface area contributed by atoms with Crippen molar-refractivity contribution in [2.24, 2.45) is 0 Å². The van der Waals surface area contributed by atoms with Gasteiger partial charge in [-0.15, -0.1) is 0 Å². The summed E-state index contributed by atoms with van der Waals surface area (Å²) in [7, 11) is 1.74. The van der Waals surface area contributed by atoms with Crippen LogP contribution in [0, 0.1) is 13.8 Å². The van der Waals surface area contributed by atoms with Crippen LogP contribution in [0.15, 0.2) is 59.9 Å². The molecule has 1 aromatic carbocycles. The zero-order valence-corrected chi connectivity index (χ0v) is 19.5. The molecule has 0 bridgehead atoms. The van der Waals surface area contributed by atoms with Crippen LogP contribution in [0.4, 0.5) is 5.69 Å². The standard InChI is InChI=1S/C23H25N7O2S/c1-16-6-8-19(9-7-16)25-11-12-30-23(32)29(15-26-30)22-27-17(2)20(33-22)21(31)28(3)14-18-5-4-10-24-13-18/h4-10,13,15,25H,11-12,14H2,1-3H3. The van der Waals surface area contributed by atoms with Gasteiger partial charge in [-0.2, -0.15) is 5.10 Å². The number of benzene rings is 1. The van der Waals surface area contributed by atoms with Crippen LogP contribution in [0.5, 0.6) is 0 Å². The molecule has 0 fully saturated rings. The summed E-state index contributed by atoms with van der Waals surface area (Å²) in [5, 5.41) is 7.91. The first-order chi connectivity index (χ1) is 15.9. The van der Waals surface area contributed by atoms with E-state index in [0.717, 1.165) is 11.3 Å². The number of nitrogens with zero attached hydrogens (tertiary/aromatic N) is 6. The molecule has 1 N–H and O–H groups in total. The Balaban J connectivity index is 1.44. The van der Waals surface area contributed by atoms with E-state index in [1.165, 1.54) is 32.5 Å². The predicted octanol–water partition coefficient (Wildman–Crippen LogP) is 2.89. The van der Waals surface area contributed by atoms with Gasteiger partial charge in [0.05, 0.1) is 12.2 Å². The van der Waals surface area contributed by atoms with Gasteiger partial charge >= 0.3 is 5.69 Å². The highest BCUT2D eigenvalue weighted by molar-refractivity contribution is 7.16. The number of aromatic nitrogens is 5. The average Bonchev–Trinajstić information content (AvgIpc) is 3.37. The van der Waals surface area contributed by atoms with Crippen molar-refractivity contribution < 1.29 is 4.79 Å². The number of hydrogen-bond acceptors (Lipinski definition) is 7. The number of anilines is 1. The van der Waals surface area contributed by atoms with E-state index in [0.29, 0.717) is 35.3 Å². The molecule has 0 saturated carbocycles. The third kappa shape index (κ3) is 5.17. The molecule has 1 amide bonds. The molecular weight excluding hydrogens is 438 g/mol. The van der Waals surface area contributed by atoms with Crippen molar-refractivity contribution in [3.05, 3.63) is 87.3 Å². The molecule has 0 aliphatic rings. The summed E-state index contributed by atoms with van der Waals surface area (Å²) in [6.07, 6.45) is 4.87. The Labute approximate surface area is 195 Å². The van der Waals surface area contributed by atoms with E-state index in [9.17, 15) is 9.59 Å². The number of nitrogens with one attached hydrogen (secondary N) is 1. The number of aryl methyl sites for hydroxylation is 2. The molecule has 0 atom stereocenters. The molecule has 33 heavy (non-hydrogen) atoms. The van der Waals surface area contributed by atoms with Crippen LogP contribution in [0.2, 0.25) is 0 Å². The summed E-state index contributed by atoms with van der Waals surface area (Å²) in [6.45, 7) is 5.20. The minimum absolute atomic E-state index is 0.150. The van der Waals surface area contributed by atoms with E-state index in [1.54, 1.807) is 31.3 Å². The molecule has 0 saturated heterocycles. The lowest BCUT2D eigenvalue weighted by atomic mass is 10.2. The molecule has 10 heteroatoms. The summed E-state index contributed by atoms with van der Waals surface area (Å²) >= 11 is 1.19. The summed E-state index contributed by atoms with van der Waals surface area (Å²) in [6, 6.07) is 11.8. The first kappa shape index (κ1) is 22.4. The SMILES string of the molecule is Cc1ccc(NCCn2ncn(-c3nc(C)c(C(=O)N(C)Cc4cccnc4)s3)c2=O)cc1. The van der Waals surface area contributed by atoms with Crippen LogP contribution in [0.25, 0.3) is 5.13 Å². The van der Waals surface area contributed by atoms with E-state index in [2.05, 4.69) is 20.4 Å². The van der Waals surface area contributed by atoms with Gasteiger partial charge in [0.25, 0.3) is 5.91 Å². The van der Waals surface area contributed by atoms with Crippen molar-refractivity contribution in [2.45, 2.75) is 26.9 Å². The molecular formula is C23H25N7O2S. The second kappa shape index (κ2) is 9.78. The van der Waals surface area contributed by atoms with Crippen LogP contribution in [0.3, 0.4) is 0 Å². The Morgan fingerprint density at radius 3 is 2.70 bits per heavy atom. The fourth-order valence-corrected chi connectivity index (χ4v) is 4.32. The third-order valence-corrected chi connectivity index (χ3v) is 6.26. The van der Waals surface area contributed by atoms with Gasteiger partial charge in [0.1, 0.15) is 11.2 Å². The highest BCUT2D eigenvalue weighted by atomic mass is 32.1. The van der Waals surface area contributed by atoms with Gasteiger partial charge in [-0.25, -0.2) is 19.0 Å². The van der Waals surface area contributed by atoms with Crippen molar-refractivity contribution in [1.29, 1.82) is 0 Å². The maximum Gasteiger partial charge on any atom is 0.352 e. The van der Waals surface area contributed by atoms with Gasteiger partial charge in [-0.1, -0.05) is 35.1 Å². The largest absolute Gasteiger partial charge is 0.383 e. The lowest BCUT2D eigenvalue weighted by molar-refractivity contribution is 0.0789. The highest BCUT2D eigenvalue weighted by Crippen LogP contribution is 2.22. The second-order valence-corrected chi connectivity index (χ2v) is 8.71. The fraction of sp³-hybridized carbons (Fsp3) is 0.261. The molecule has 0 spiro atoms. The van der Waals surface area contributed by atoms with E-state index in [4.69, 9.17) is 0 Å². The minimum atomic E-state index is -0.294. The maximum atomic E-state index is 13.0. The summed E-state index contributed by atoms with van der Waals surface area (Å²) in [4.78, 5) is 36.4. The van der Waals surface area contributed by atoms with E-state index in [-0.39, 0.29) is 11.6 Å². The normalized spacial score (nSPS) is 10.9. The number of amides is 1. The van der Waals surface area contributed by atoms with E-state index >= 15 is 0 Å². The molecule has 3 heterocycles. The molecule has 0 aliphatic carbocycles. The molecule has 170 valence electrons. The predicted molar refractivity (Wildman–Crippen MR) is 128 cm³/mol. The van der Waals surface area contributed by atoms with Gasteiger partial charge in [-0.3, -0.25) is 9.78 Å². The maximum absolute atomic E-state index is 13.0. The Kier molecular flexibility index (Phi) is 6.64. The van der Waals surface area contributed by atoms with Gasteiger partial charge < -0.3 is 10.2 Å². The number of carbonyl (C=O) groups excluding carboxylic acids is 1. The lowest BCUT2D eigenvalue weighted by Crippen LogP contribution is -2.26. The second-order valence-electron chi connectivity index (χ2n) is 7.73. The quantitative estimate of drug-likeness (QED) is 0.432. The number of carbonyl (C=O) groups is 1. The molecule has 0 aliphatic heterocycles. The molecule has 0 unspecified atom stereocenters. The van der Waals surface area contributed by atoms with Gasteiger partial charge in [0.15, 0.2) is 5.13 Å². The average molecular weight is 464 g/mol. The van der Waals surface area contributed by atoms with Crippen molar-refractivity contribution in [2.75, 3.05) is 18.9 Å². The molecule has 0 radical (unpaired) electrons. The van der Waals surface area contributed by atoms with Crippen LogP contribution >= 0.6 is 11.3 Å². The molecule has 4 rings (SSSR count). The van der Waals surface area contributed by atoms with Crippen LogP contribution in [-0.4, -0.2) is 48.7 Å². The topological polar surface area (TPSA) is 97.9 Å². The minimum Gasteiger partial charge on any atom is -0.383 e. The Hall–Kier alpha value is -3.79. The van der Waals surface area contributed by atoms with Gasteiger partial charge in [0.2, 0.25) is 0 Å². The third-order valence-electron chi connectivity index (χ3n) is 5.11. The van der Waals surface area contributed by atoms with Crippen molar-refractivity contribution in [1.82, 2.24) is 29.2 Å². The number of thiazole rings is 1. The lowest BCUT2D eigenvalue weighted by Gasteiger charge is -2.16. The zero-order chi connectivity index (χ0) is 23.4. The Bertz CT molecular complexity index is 1290. The van der Waals surface area contributed by atoms with Crippen molar-refractivity contribution in [3.63, 3.8) is 0 Å². The zero-order valence-electron chi connectivity index (χ0n) is 18.7. The van der Waals surface area contributed by atoms with Crippen LogP contribution in [-0.2, 0) is 13.1 Å². The molecule has 4 aromatic rings. The van der Waals surface area contributed by atoms with Crippen LogP contribution < -0.4 is 11.0 Å². The number of rotatable bonds is 8. The van der Waals surface area contributed by atoms with E-state index in [1.807, 2.05) is 43.3 Å². The van der Waals surface area contributed by atoms with Gasteiger partial charge in [-0.05, 0) is 37.6 Å². The number of hydrogen-bond donors (Lipinski definition) is 1. The van der Waals surface area contributed by atoms with E-state index < -0.39 is 0 Å². The smallest absolute Gasteiger partial charge is 0.352 e. The highest BCUT2D eigenvalue weighted by Gasteiger charge is 2.21. The number of pyridine rings is 1. The first-order valence-corrected chi connectivity index (χ1v) is 11.3. The van der Waals surface area contributed by atoms with Crippen molar-refractivity contribution >= 4 is 22.9 Å². The fourth-order valence-electron chi connectivity index (χ4n) is 3.29. The molecule has 9 nitrogen and oxygen atoms in total. The van der Waals surface area contributed by atoms with Gasteiger partial charge in [0, 0.05) is 38.2 Å².